The van der Waals surface area contributed by atoms with Crippen LogP contribution in [0, 0.1) is 0 Å². The molecule has 1 rings (SSSR count). The smallest absolute Gasteiger partial charge is 0.323 e. The first-order valence-electron chi connectivity index (χ1n) is 4.77. The van der Waals surface area contributed by atoms with Gasteiger partial charge in [-0.3, -0.25) is 4.79 Å². The molecule has 0 aliphatic heterocycles. The Bertz CT molecular complexity index is 427. The van der Waals surface area contributed by atoms with E-state index in [-0.39, 0.29) is 11.3 Å². The molecule has 9 heteroatoms. The van der Waals surface area contributed by atoms with Crippen LogP contribution in [-0.4, -0.2) is 36.7 Å². The number of nitrogens with two attached hydrogens (primary N) is 1. The molecule has 1 aromatic carbocycles. The Morgan fingerprint density at radius 2 is 1.63 bits per heavy atom. The van der Waals surface area contributed by atoms with E-state index >= 15 is 0 Å². The Morgan fingerprint density at radius 1 is 1.16 bits per heavy atom. The molecule has 0 amide bonds. The van der Waals surface area contributed by atoms with Crippen LogP contribution in [0.1, 0.15) is 11.7 Å². The average molecular weight is 333 g/mol. The molecule has 2 atom stereocenters. The van der Waals surface area contributed by atoms with E-state index in [2.05, 4.69) is 0 Å². The van der Waals surface area contributed by atoms with Crippen LogP contribution in [0.2, 0.25) is 0 Å². The maximum absolute atomic E-state index is 10.5. The molecule has 0 spiro atoms. The van der Waals surface area contributed by atoms with Crippen LogP contribution in [-0.2, 0) is 4.79 Å². The first-order chi connectivity index (χ1) is 8.66. The van der Waals surface area contributed by atoms with Gasteiger partial charge >= 0.3 is 5.97 Å². The first kappa shape index (κ1) is 18.1. The summed E-state index contributed by atoms with van der Waals surface area (Å²) in [5.74, 6) is -2.14. The summed E-state index contributed by atoms with van der Waals surface area (Å²) in [6, 6.07) is 2.00. The Kier molecular flexibility index (Phi) is 7.89. The molecule has 0 aliphatic carbocycles. The Hall–Kier alpha value is -0.920. The van der Waals surface area contributed by atoms with Crippen LogP contribution >= 0.6 is 34.8 Å². The highest BCUT2D eigenvalue weighted by atomic mass is 35.6. The molecule has 1 aromatic rings. The standard InChI is InChI=1S/C9H11NO5.CHCl3/c10-7(9(14)15)8(13)4-1-2-5(11)6(12)3-4;2-1(3)4/h1-3,7-8,11-13H,10H2,(H,14,15);1H/t7-,8-;/m0./s1. The maximum atomic E-state index is 10.5. The molecule has 0 aliphatic rings. The fourth-order valence-electron chi connectivity index (χ4n) is 1.07. The zero-order valence-corrected chi connectivity index (χ0v) is 11.6. The van der Waals surface area contributed by atoms with Gasteiger partial charge in [0.15, 0.2) is 15.8 Å². The summed E-state index contributed by atoms with van der Waals surface area (Å²) in [5, 5.41) is 36.1. The summed E-state index contributed by atoms with van der Waals surface area (Å²) in [4.78, 5) is 10.5. The SMILES string of the molecule is ClC(Cl)Cl.N[C@H](C(=O)O)[C@@H](O)c1ccc(O)c(O)c1. The van der Waals surface area contributed by atoms with E-state index in [1.54, 1.807) is 0 Å². The summed E-state index contributed by atoms with van der Waals surface area (Å²) >= 11 is 14.4. The van der Waals surface area contributed by atoms with E-state index in [0.717, 1.165) is 12.1 Å². The lowest BCUT2D eigenvalue weighted by Gasteiger charge is -2.15. The van der Waals surface area contributed by atoms with Gasteiger partial charge in [0.2, 0.25) is 0 Å². The number of phenolic OH excluding ortho intramolecular Hbond substituents is 2. The number of benzene rings is 1. The number of aromatic hydroxyl groups is 2. The topological polar surface area (TPSA) is 124 Å². The van der Waals surface area contributed by atoms with Gasteiger partial charge in [0, 0.05) is 0 Å². The number of carboxylic acids is 1. The zero-order valence-electron chi connectivity index (χ0n) is 9.37. The van der Waals surface area contributed by atoms with Gasteiger partial charge in [0.25, 0.3) is 0 Å². The van der Waals surface area contributed by atoms with E-state index in [4.69, 9.17) is 55.9 Å². The van der Waals surface area contributed by atoms with Crippen molar-refractivity contribution in [3.8, 4) is 11.5 Å². The lowest BCUT2D eigenvalue weighted by atomic mass is 10.0. The minimum atomic E-state index is -1.48. The molecule has 6 nitrogen and oxygen atoms in total. The number of aliphatic carboxylic acids is 1. The fraction of sp³-hybridized carbons (Fsp3) is 0.300. The van der Waals surface area contributed by atoms with Crippen LogP contribution in [0.15, 0.2) is 18.2 Å². The molecule has 19 heavy (non-hydrogen) atoms. The minimum absolute atomic E-state index is 0.125. The van der Waals surface area contributed by atoms with Gasteiger partial charge in [-0.2, -0.15) is 0 Å². The second-order valence-electron chi connectivity index (χ2n) is 3.30. The van der Waals surface area contributed by atoms with Crippen molar-refractivity contribution in [2.45, 2.75) is 16.4 Å². The third-order valence-electron chi connectivity index (χ3n) is 1.97. The fourth-order valence-corrected chi connectivity index (χ4v) is 1.07. The number of phenols is 2. The number of hydrogen-bond donors (Lipinski definition) is 5. The maximum Gasteiger partial charge on any atom is 0.323 e. The van der Waals surface area contributed by atoms with Gasteiger partial charge in [-0.15, -0.1) is 0 Å². The van der Waals surface area contributed by atoms with E-state index in [1.165, 1.54) is 6.07 Å². The first-order valence-corrected chi connectivity index (χ1v) is 6.08. The number of alkyl halides is 3. The second kappa shape index (κ2) is 8.29. The second-order valence-corrected chi connectivity index (χ2v) is 5.28. The third-order valence-corrected chi connectivity index (χ3v) is 1.97. The predicted octanol–water partition coefficient (Wildman–Crippen LogP) is 1.53. The lowest BCUT2D eigenvalue weighted by Crippen LogP contribution is -2.36. The Morgan fingerprint density at radius 3 is 2.00 bits per heavy atom. The third kappa shape index (κ3) is 6.70. The number of halogens is 3. The number of rotatable bonds is 3. The van der Waals surface area contributed by atoms with Crippen molar-refractivity contribution >= 4 is 40.8 Å². The van der Waals surface area contributed by atoms with E-state index in [0.29, 0.717) is 0 Å². The van der Waals surface area contributed by atoms with Crippen molar-refractivity contribution in [3.63, 3.8) is 0 Å². The molecule has 0 bridgehead atoms. The number of hydrogen-bond acceptors (Lipinski definition) is 5. The predicted molar refractivity (Wildman–Crippen MR) is 71.7 cm³/mol. The Labute approximate surface area is 123 Å². The normalized spacial score (nSPS) is 13.4. The summed E-state index contributed by atoms with van der Waals surface area (Å²) in [7, 11) is 0. The molecule has 0 radical (unpaired) electrons. The molecule has 0 fully saturated rings. The number of carboxylic acid groups (broad SMARTS) is 1. The summed E-state index contributed by atoms with van der Waals surface area (Å²) < 4.78 is -0.750. The van der Waals surface area contributed by atoms with Crippen molar-refractivity contribution in [1.29, 1.82) is 0 Å². The molecule has 6 N–H and O–H groups in total. The van der Waals surface area contributed by atoms with Gasteiger partial charge in [0.1, 0.15) is 12.1 Å². The van der Waals surface area contributed by atoms with Gasteiger partial charge in [-0.05, 0) is 17.7 Å². The molecule has 0 saturated carbocycles. The van der Waals surface area contributed by atoms with E-state index in [1.807, 2.05) is 0 Å². The molecular formula is C10H12Cl3NO5. The summed E-state index contributed by atoms with van der Waals surface area (Å²) in [5.41, 5.74) is 5.31. The molecule has 0 aromatic heterocycles. The molecule has 108 valence electrons. The van der Waals surface area contributed by atoms with Crippen molar-refractivity contribution in [3.05, 3.63) is 23.8 Å². The highest BCUT2D eigenvalue weighted by Gasteiger charge is 2.24. The molecular weight excluding hydrogens is 320 g/mol. The largest absolute Gasteiger partial charge is 0.504 e. The van der Waals surface area contributed by atoms with Gasteiger partial charge in [-0.1, -0.05) is 40.9 Å². The quantitative estimate of drug-likeness (QED) is 0.422. The number of carbonyl (C=O) groups is 1. The number of aliphatic hydroxyl groups is 1. The Balaban J connectivity index is 0.000000711. The van der Waals surface area contributed by atoms with Crippen LogP contribution in [0.5, 0.6) is 11.5 Å². The van der Waals surface area contributed by atoms with Gasteiger partial charge < -0.3 is 26.2 Å². The van der Waals surface area contributed by atoms with E-state index in [9.17, 15) is 9.90 Å². The zero-order chi connectivity index (χ0) is 15.2. The van der Waals surface area contributed by atoms with Crippen molar-refractivity contribution in [1.82, 2.24) is 0 Å². The molecule has 0 saturated heterocycles. The molecule has 0 heterocycles. The van der Waals surface area contributed by atoms with Crippen molar-refractivity contribution in [2.75, 3.05) is 0 Å². The number of aliphatic hydroxyl groups excluding tert-OH is 1. The molecule has 0 unspecified atom stereocenters. The summed E-state index contributed by atoms with van der Waals surface area (Å²) in [6.45, 7) is 0. The van der Waals surface area contributed by atoms with Crippen molar-refractivity contribution < 1.29 is 25.2 Å². The highest BCUT2D eigenvalue weighted by molar-refractivity contribution is 6.63. The van der Waals surface area contributed by atoms with Crippen LogP contribution < -0.4 is 5.73 Å². The van der Waals surface area contributed by atoms with Gasteiger partial charge in [0.05, 0.1) is 0 Å². The van der Waals surface area contributed by atoms with Crippen LogP contribution in [0.25, 0.3) is 0 Å². The average Bonchev–Trinajstić information content (AvgIpc) is 2.30. The van der Waals surface area contributed by atoms with Crippen LogP contribution in [0.4, 0.5) is 0 Å². The van der Waals surface area contributed by atoms with Crippen LogP contribution in [0.3, 0.4) is 0 Å². The van der Waals surface area contributed by atoms with Gasteiger partial charge in [-0.25, -0.2) is 0 Å². The van der Waals surface area contributed by atoms with E-state index < -0.39 is 28.2 Å². The highest BCUT2D eigenvalue weighted by Crippen LogP contribution is 2.28. The minimum Gasteiger partial charge on any atom is -0.504 e. The van der Waals surface area contributed by atoms with Crippen molar-refractivity contribution in [2.24, 2.45) is 5.73 Å². The summed E-state index contributed by atoms with van der Waals surface area (Å²) in [6.07, 6.45) is -1.44. The monoisotopic (exact) mass is 331 g/mol. The lowest BCUT2D eigenvalue weighted by molar-refractivity contribution is -0.141.